The van der Waals surface area contributed by atoms with E-state index in [1.807, 2.05) is 0 Å². The molecule has 0 spiro atoms. The van der Waals surface area contributed by atoms with E-state index in [2.05, 4.69) is 17.9 Å². The van der Waals surface area contributed by atoms with Crippen molar-refractivity contribution >= 4 is 18.0 Å². The molecule has 96 valence electrons. The Morgan fingerprint density at radius 2 is 1.59 bits per heavy atom. The minimum Gasteiger partial charge on any atom is -0.478 e. The number of isocyanates is 1. The van der Waals surface area contributed by atoms with Gasteiger partial charge in [0.15, 0.2) is 0 Å². The van der Waals surface area contributed by atoms with Crippen LogP contribution in [-0.4, -0.2) is 29.7 Å². The molecule has 6 nitrogen and oxygen atoms in total. The van der Waals surface area contributed by atoms with Gasteiger partial charge in [0, 0.05) is 11.1 Å². The van der Waals surface area contributed by atoms with E-state index in [1.165, 1.54) is 6.92 Å². The molecule has 0 bridgehead atoms. The molecule has 0 rings (SSSR count). The van der Waals surface area contributed by atoms with Crippen LogP contribution >= 0.6 is 0 Å². The molecule has 0 fully saturated rings. The summed E-state index contributed by atoms with van der Waals surface area (Å²) < 4.78 is 4.56. The van der Waals surface area contributed by atoms with Crippen molar-refractivity contribution in [3.05, 3.63) is 24.3 Å². The van der Waals surface area contributed by atoms with E-state index >= 15 is 0 Å². The highest BCUT2D eigenvalue weighted by molar-refractivity contribution is 5.86. The normalized spacial score (nSPS) is 7.00. The second kappa shape index (κ2) is 13.8. The number of carboxylic acids is 1. The molecular formula is C11H17NO5. The molecule has 0 aliphatic rings. The first-order valence-electron chi connectivity index (χ1n) is 4.49. The van der Waals surface area contributed by atoms with E-state index < -0.39 is 5.97 Å². The maximum Gasteiger partial charge on any atom is 0.333 e. The van der Waals surface area contributed by atoms with Gasteiger partial charge in [-0.1, -0.05) is 13.2 Å². The van der Waals surface area contributed by atoms with Crippen LogP contribution in [0.5, 0.6) is 0 Å². The molecule has 0 aromatic heterocycles. The lowest BCUT2D eigenvalue weighted by atomic mass is 10.4. The van der Waals surface area contributed by atoms with Crippen LogP contribution in [-0.2, 0) is 19.1 Å². The van der Waals surface area contributed by atoms with E-state index in [0.29, 0.717) is 12.2 Å². The van der Waals surface area contributed by atoms with Crippen molar-refractivity contribution in [3.8, 4) is 0 Å². The zero-order valence-electron chi connectivity index (χ0n) is 10.2. The second-order valence-electron chi connectivity index (χ2n) is 2.69. The molecule has 0 heterocycles. The highest BCUT2D eigenvalue weighted by Gasteiger charge is 1.98. The Morgan fingerprint density at radius 3 is 1.65 bits per heavy atom. The van der Waals surface area contributed by atoms with E-state index in [9.17, 15) is 9.59 Å². The first-order chi connectivity index (χ1) is 7.74. The van der Waals surface area contributed by atoms with Crippen molar-refractivity contribution in [1.82, 2.24) is 0 Å². The Labute approximate surface area is 100 Å². The fourth-order valence-corrected chi connectivity index (χ4v) is 0.254. The molecule has 0 saturated heterocycles. The zero-order valence-corrected chi connectivity index (χ0v) is 10.2. The molecule has 0 radical (unpaired) electrons. The van der Waals surface area contributed by atoms with E-state index in [4.69, 9.17) is 15.3 Å². The van der Waals surface area contributed by atoms with E-state index in [-0.39, 0.29) is 11.5 Å². The molecule has 0 aliphatic heterocycles. The quantitative estimate of drug-likeness (QED) is 0.339. The molecule has 6 heteroatoms. The van der Waals surface area contributed by atoms with Crippen molar-refractivity contribution in [3.63, 3.8) is 0 Å². The summed E-state index contributed by atoms with van der Waals surface area (Å²) >= 11 is 0. The lowest BCUT2D eigenvalue weighted by Gasteiger charge is -1.96. The van der Waals surface area contributed by atoms with Crippen LogP contribution in [0.1, 0.15) is 20.8 Å². The second-order valence-corrected chi connectivity index (χ2v) is 2.69. The Hall–Kier alpha value is -2.20. The third kappa shape index (κ3) is 24.8. The monoisotopic (exact) mass is 243 g/mol. The summed E-state index contributed by atoms with van der Waals surface area (Å²) in [6, 6.07) is 0. The Bertz CT molecular complexity index is 302. The van der Waals surface area contributed by atoms with Gasteiger partial charge in [-0.05, 0) is 20.8 Å². The molecule has 0 aliphatic carbocycles. The summed E-state index contributed by atoms with van der Waals surface area (Å²) in [6.45, 7) is 11.8. The predicted octanol–water partition coefficient (Wildman–Crippen LogP) is 1.67. The van der Waals surface area contributed by atoms with Crippen LogP contribution in [0.2, 0.25) is 0 Å². The van der Waals surface area contributed by atoms with Gasteiger partial charge in [-0.15, -0.1) is 0 Å². The average Bonchev–Trinajstić information content (AvgIpc) is 2.19. The fourth-order valence-electron chi connectivity index (χ4n) is 0.254. The van der Waals surface area contributed by atoms with Crippen LogP contribution in [0, 0.1) is 5.41 Å². The van der Waals surface area contributed by atoms with Gasteiger partial charge >= 0.3 is 11.9 Å². The molecule has 0 atom stereocenters. The largest absolute Gasteiger partial charge is 0.478 e. The number of carbonyl (C=O) groups excluding carboxylic acids is 2. The number of nitrogens with one attached hydrogen (secondary N) is 1. The Morgan fingerprint density at radius 1 is 1.29 bits per heavy atom. The van der Waals surface area contributed by atoms with Crippen LogP contribution in [0.4, 0.5) is 0 Å². The molecule has 0 aromatic rings. The standard InChI is InChI=1S/C6H10O2.C4H6O2.CHNO/c1-4-8-6(7)5(2)3;1-3(2)4(5)6;2-1-3/h2,4H2,1,3H3;1H2,2H3,(H,5,6);2H. The Balaban J connectivity index is -0.000000193. The summed E-state index contributed by atoms with van der Waals surface area (Å²) in [4.78, 5) is 28.4. The highest BCUT2D eigenvalue weighted by atomic mass is 16.5. The minimum atomic E-state index is -0.935. The maximum absolute atomic E-state index is 10.4. The van der Waals surface area contributed by atoms with Crippen molar-refractivity contribution < 1.29 is 24.2 Å². The molecule has 2 N–H and O–H groups in total. The van der Waals surface area contributed by atoms with Crippen LogP contribution in [0.25, 0.3) is 0 Å². The SMILES string of the molecule is C=C(C)C(=O)O.C=C(C)C(=O)OCC.N=C=O. The number of carbonyl (C=O) groups is 2. The summed E-state index contributed by atoms with van der Waals surface area (Å²) in [5.41, 5.74) is 0.627. The molecule has 0 unspecified atom stereocenters. The van der Waals surface area contributed by atoms with Gasteiger partial charge in [-0.25, -0.2) is 19.8 Å². The lowest BCUT2D eigenvalue weighted by Crippen LogP contribution is -2.03. The number of hydrogen-bond donors (Lipinski definition) is 2. The van der Waals surface area contributed by atoms with Crippen molar-refractivity contribution in [2.24, 2.45) is 0 Å². The third-order valence-corrected chi connectivity index (χ3v) is 0.989. The minimum absolute atomic E-state index is 0.176. The van der Waals surface area contributed by atoms with Crippen LogP contribution < -0.4 is 0 Å². The predicted molar refractivity (Wildman–Crippen MR) is 62.3 cm³/mol. The number of hydrogen-bond acceptors (Lipinski definition) is 5. The maximum atomic E-state index is 10.4. The van der Waals surface area contributed by atoms with Crippen molar-refractivity contribution in [2.45, 2.75) is 20.8 Å². The molecule has 17 heavy (non-hydrogen) atoms. The summed E-state index contributed by atoms with van der Waals surface area (Å²) in [6.07, 6.45) is 0.750. The lowest BCUT2D eigenvalue weighted by molar-refractivity contribution is -0.138. The van der Waals surface area contributed by atoms with Crippen molar-refractivity contribution in [2.75, 3.05) is 6.61 Å². The molecule has 0 saturated carbocycles. The molecular weight excluding hydrogens is 226 g/mol. The highest BCUT2D eigenvalue weighted by Crippen LogP contribution is 1.89. The van der Waals surface area contributed by atoms with Gasteiger partial charge in [0.05, 0.1) is 6.61 Å². The molecule has 0 amide bonds. The number of aliphatic carboxylic acids is 1. The smallest absolute Gasteiger partial charge is 0.333 e. The number of carboxylic acid groups (broad SMARTS) is 1. The fraction of sp³-hybridized carbons (Fsp3) is 0.364. The average molecular weight is 243 g/mol. The zero-order chi connectivity index (χ0) is 14.4. The van der Waals surface area contributed by atoms with E-state index in [1.54, 1.807) is 13.8 Å². The van der Waals surface area contributed by atoms with Gasteiger partial charge in [0.25, 0.3) is 0 Å². The van der Waals surface area contributed by atoms with Gasteiger partial charge in [0.2, 0.25) is 6.08 Å². The van der Waals surface area contributed by atoms with Gasteiger partial charge in [0.1, 0.15) is 0 Å². The van der Waals surface area contributed by atoms with E-state index in [0.717, 1.165) is 6.08 Å². The summed E-state index contributed by atoms with van der Waals surface area (Å²) in [5, 5.41) is 13.3. The van der Waals surface area contributed by atoms with Crippen molar-refractivity contribution in [1.29, 1.82) is 5.41 Å². The third-order valence-electron chi connectivity index (χ3n) is 0.989. The first-order valence-corrected chi connectivity index (χ1v) is 4.49. The van der Waals surface area contributed by atoms with Gasteiger partial charge in [-0.3, -0.25) is 0 Å². The summed E-state index contributed by atoms with van der Waals surface area (Å²) in [5.74, 6) is -1.25. The van der Waals surface area contributed by atoms with Crippen LogP contribution in [0.3, 0.4) is 0 Å². The van der Waals surface area contributed by atoms with Gasteiger partial charge in [-0.2, -0.15) is 0 Å². The number of esters is 1. The number of rotatable bonds is 3. The topological polar surface area (TPSA) is 105 Å². The first kappa shape index (κ1) is 20.2. The molecule has 0 aromatic carbocycles. The van der Waals surface area contributed by atoms with Crippen LogP contribution in [0.15, 0.2) is 24.3 Å². The summed E-state index contributed by atoms with van der Waals surface area (Å²) in [7, 11) is 0. The number of ether oxygens (including phenoxy) is 1. The Kier molecular flexibility index (Phi) is 16.4. The van der Waals surface area contributed by atoms with Gasteiger partial charge < -0.3 is 9.84 Å².